The number of amides is 2. The Bertz CT molecular complexity index is 865. The van der Waals surface area contributed by atoms with Crippen LogP contribution in [-0.4, -0.2) is 31.8 Å². The highest BCUT2D eigenvalue weighted by molar-refractivity contribution is 6.05. The van der Waals surface area contributed by atoms with Crippen molar-refractivity contribution in [3.8, 4) is 17.2 Å². The van der Waals surface area contributed by atoms with Crippen molar-refractivity contribution in [2.24, 2.45) is 0 Å². The average Bonchev–Trinajstić information content (AvgIpc) is 3.05. The van der Waals surface area contributed by atoms with E-state index in [1.807, 2.05) is 19.1 Å². The fourth-order valence-electron chi connectivity index (χ4n) is 2.80. The van der Waals surface area contributed by atoms with Crippen LogP contribution in [0.2, 0.25) is 0 Å². The lowest BCUT2D eigenvalue weighted by atomic mass is 10.1. The lowest BCUT2D eigenvalue weighted by molar-refractivity contribution is -0.123. The van der Waals surface area contributed by atoms with Crippen LogP contribution < -0.4 is 24.4 Å². The molecule has 0 atom stereocenters. The van der Waals surface area contributed by atoms with Crippen molar-refractivity contribution in [3.05, 3.63) is 42.0 Å². The first-order valence-electron chi connectivity index (χ1n) is 7.83. The number of anilines is 2. The zero-order chi connectivity index (χ0) is 17.4. The first-order chi connectivity index (χ1) is 12.1. The quantitative estimate of drug-likeness (QED) is 0.926. The first-order valence-corrected chi connectivity index (χ1v) is 7.83. The number of nitrogens with one attached hydrogen (secondary N) is 1. The lowest BCUT2D eigenvalue weighted by Crippen LogP contribution is -2.43. The van der Waals surface area contributed by atoms with Crippen LogP contribution in [0.5, 0.6) is 17.2 Å². The Morgan fingerprint density at radius 2 is 1.88 bits per heavy atom. The number of carbonyl (C=O) groups is 2. The molecule has 2 heterocycles. The van der Waals surface area contributed by atoms with Gasteiger partial charge in [0.1, 0.15) is 12.3 Å². The molecule has 0 fully saturated rings. The van der Waals surface area contributed by atoms with Crippen molar-refractivity contribution < 1.29 is 23.8 Å². The van der Waals surface area contributed by atoms with Gasteiger partial charge in [0.25, 0.3) is 5.91 Å². The maximum Gasteiger partial charge on any atom is 0.265 e. The first kappa shape index (κ1) is 15.3. The maximum atomic E-state index is 12.4. The Kier molecular flexibility index (Phi) is 3.68. The molecule has 1 N–H and O–H groups in total. The van der Waals surface area contributed by atoms with Gasteiger partial charge >= 0.3 is 0 Å². The summed E-state index contributed by atoms with van der Waals surface area (Å²) in [5.41, 5.74) is 2.18. The predicted octanol–water partition coefficient (Wildman–Crippen LogP) is 2.09. The third kappa shape index (κ3) is 2.96. The minimum atomic E-state index is -0.304. The van der Waals surface area contributed by atoms with Crippen LogP contribution in [0, 0.1) is 6.92 Å². The molecule has 0 bridgehead atoms. The Hall–Kier alpha value is -3.22. The summed E-state index contributed by atoms with van der Waals surface area (Å²) in [6, 6.07) is 10.7. The van der Waals surface area contributed by atoms with E-state index in [1.165, 1.54) is 4.90 Å². The third-order valence-electron chi connectivity index (χ3n) is 4.02. The second-order valence-corrected chi connectivity index (χ2v) is 5.86. The third-order valence-corrected chi connectivity index (χ3v) is 4.02. The van der Waals surface area contributed by atoms with E-state index in [4.69, 9.17) is 14.2 Å². The number of nitrogens with zero attached hydrogens (tertiary/aromatic N) is 1. The average molecular weight is 340 g/mol. The van der Waals surface area contributed by atoms with E-state index in [9.17, 15) is 9.59 Å². The Morgan fingerprint density at radius 1 is 1.08 bits per heavy atom. The summed E-state index contributed by atoms with van der Waals surface area (Å²) >= 11 is 0. The highest BCUT2D eigenvalue weighted by Crippen LogP contribution is 2.35. The minimum absolute atomic E-state index is 0.0760. The highest BCUT2D eigenvalue weighted by atomic mass is 16.7. The van der Waals surface area contributed by atoms with Crippen LogP contribution in [0.3, 0.4) is 0 Å². The number of hydrogen-bond donors (Lipinski definition) is 1. The minimum Gasteiger partial charge on any atom is -0.482 e. The molecule has 4 rings (SSSR count). The Balaban J connectivity index is 1.51. The molecule has 2 aromatic rings. The molecule has 128 valence electrons. The van der Waals surface area contributed by atoms with Crippen LogP contribution in [0.4, 0.5) is 11.4 Å². The van der Waals surface area contributed by atoms with E-state index in [0.717, 1.165) is 5.56 Å². The van der Waals surface area contributed by atoms with Crippen LogP contribution in [0.1, 0.15) is 5.56 Å². The summed E-state index contributed by atoms with van der Waals surface area (Å²) < 4.78 is 16.0. The van der Waals surface area contributed by atoms with Gasteiger partial charge in [0.15, 0.2) is 18.1 Å². The number of carbonyl (C=O) groups excluding carboxylic acids is 2. The predicted molar refractivity (Wildman–Crippen MR) is 90.2 cm³/mol. The molecule has 0 spiro atoms. The Labute approximate surface area is 144 Å². The van der Waals surface area contributed by atoms with Gasteiger partial charge < -0.3 is 19.5 Å². The fourth-order valence-corrected chi connectivity index (χ4v) is 2.80. The van der Waals surface area contributed by atoms with Gasteiger partial charge in [-0.25, -0.2) is 0 Å². The normalized spacial score (nSPS) is 14.8. The largest absolute Gasteiger partial charge is 0.482 e. The number of rotatable bonds is 3. The zero-order valence-corrected chi connectivity index (χ0v) is 13.6. The van der Waals surface area contributed by atoms with Crippen LogP contribution in [-0.2, 0) is 9.59 Å². The molecule has 2 aromatic carbocycles. The van der Waals surface area contributed by atoms with Gasteiger partial charge in [-0.2, -0.15) is 0 Å². The molecular formula is C18H16N2O5. The second-order valence-electron chi connectivity index (χ2n) is 5.86. The van der Waals surface area contributed by atoms with Crippen LogP contribution in [0.15, 0.2) is 36.4 Å². The summed E-state index contributed by atoms with van der Waals surface area (Å²) in [5.74, 6) is 1.27. The van der Waals surface area contributed by atoms with Gasteiger partial charge in [-0.1, -0.05) is 6.07 Å². The van der Waals surface area contributed by atoms with Gasteiger partial charge in [0.2, 0.25) is 12.7 Å². The SMILES string of the molecule is Cc1ccc2c(c1)N(CC(=O)Nc1ccc3c(c1)OCO3)C(=O)CO2. The van der Waals surface area contributed by atoms with Gasteiger partial charge in [-0.05, 0) is 36.8 Å². The van der Waals surface area contributed by atoms with E-state index in [0.29, 0.717) is 28.6 Å². The van der Waals surface area contributed by atoms with E-state index in [-0.39, 0.29) is 31.8 Å². The number of benzene rings is 2. The van der Waals surface area contributed by atoms with E-state index in [2.05, 4.69) is 5.32 Å². The molecule has 0 aromatic heterocycles. The van der Waals surface area contributed by atoms with Crippen molar-refractivity contribution in [2.75, 3.05) is 30.2 Å². The molecule has 25 heavy (non-hydrogen) atoms. The van der Waals surface area contributed by atoms with Gasteiger partial charge in [-0.15, -0.1) is 0 Å². The van der Waals surface area contributed by atoms with E-state index >= 15 is 0 Å². The zero-order valence-electron chi connectivity index (χ0n) is 13.6. The summed E-state index contributed by atoms with van der Waals surface area (Å²) in [6.07, 6.45) is 0. The van der Waals surface area contributed by atoms with Gasteiger partial charge in [0.05, 0.1) is 5.69 Å². The molecular weight excluding hydrogens is 324 g/mol. The molecule has 7 heteroatoms. The highest BCUT2D eigenvalue weighted by Gasteiger charge is 2.27. The van der Waals surface area contributed by atoms with Gasteiger partial charge in [0, 0.05) is 11.8 Å². The number of fused-ring (bicyclic) bond motifs is 2. The Morgan fingerprint density at radius 3 is 2.76 bits per heavy atom. The number of hydrogen-bond acceptors (Lipinski definition) is 5. The number of ether oxygens (including phenoxy) is 3. The fraction of sp³-hybridized carbons (Fsp3) is 0.222. The molecule has 0 radical (unpaired) electrons. The topological polar surface area (TPSA) is 77.1 Å². The van der Waals surface area contributed by atoms with Crippen molar-refractivity contribution in [2.45, 2.75) is 6.92 Å². The summed E-state index contributed by atoms with van der Waals surface area (Å²) in [4.78, 5) is 26.0. The molecule has 2 aliphatic heterocycles. The monoisotopic (exact) mass is 340 g/mol. The number of aryl methyl sites for hydroxylation is 1. The molecule has 0 saturated carbocycles. The van der Waals surface area contributed by atoms with Crippen LogP contribution >= 0.6 is 0 Å². The molecule has 0 saturated heterocycles. The maximum absolute atomic E-state index is 12.4. The van der Waals surface area contributed by atoms with E-state index in [1.54, 1.807) is 24.3 Å². The smallest absolute Gasteiger partial charge is 0.265 e. The van der Waals surface area contributed by atoms with Gasteiger partial charge in [-0.3, -0.25) is 14.5 Å². The van der Waals surface area contributed by atoms with Crippen molar-refractivity contribution in [3.63, 3.8) is 0 Å². The molecule has 0 aliphatic carbocycles. The van der Waals surface area contributed by atoms with Crippen LogP contribution in [0.25, 0.3) is 0 Å². The van der Waals surface area contributed by atoms with Crippen molar-refractivity contribution in [1.82, 2.24) is 0 Å². The summed E-state index contributed by atoms with van der Waals surface area (Å²) in [5, 5.41) is 2.78. The molecule has 7 nitrogen and oxygen atoms in total. The summed E-state index contributed by atoms with van der Waals surface area (Å²) in [7, 11) is 0. The summed E-state index contributed by atoms with van der Waals surface area (Å²) in [6.45, 7) is 1.93. The lowest BCUT2D eigenvalue weighted by Gasteiger charge is -2.29. The molecule has 2 amide bonds. The van der Waals surface area contributed by atoms with Crippen molar-refractivity contribution >= 4 is 23.2 Å². The second kappa shape index (κ2) is 6.01. The molecule has 2 aliphatic rings. The standard InChI is InChI=1S/C18H16N2O5/c1-11-2-4-14-13(6-11)20(18(22)9-23-14)8-17(21)19-12-3-5-15-16(7-12)25-10-24-15/h2-7H,8-10H2,1H3,(H,19,21). The van der Waals surface area contributed by atoms with Crippen molar-refractivity contribution in [1.29, 1.82) is 0 Å². The van der Waals surface area contributed by atoms with E-state index < -0.39 is 0 Å². The molecule has 0 unspecified atom stereocenters.